The molecule has 36 heavy (non-hydrogen) atoms. The molecule has 2 saturated heterocycles. The van der Waals surface area contributed by atoms with Crippen molar-refractivity contribution in [1.29, 1.82) is 0 Å². The Kier molecular flexibility index (Phi) is 7.25. The van der Waals surface area contributed by atoms with Gasteiger partial charge in [0.15, 0.2) is 0 Å². The Morgan fingerprint density at radius 1 is 0.861 bits per heavy atom. The maximum atomic E-state index is 13.7. The molecular formula is C28H28FN3O4. The van der Waals surface area contributed by atoms with E-state index in [4.69, 9.17) is 9.47 Å². The molecule has 3 aromatic rings. The lowest BCUT2D eigenvalue weighted by Gasteiger charge is -2.31. The molecule has 7 nitrogen and oxygen atoms in total. The van der Waals surface area contributed by atoms with E-state index >= 15 is 0 Å². The number of halogens is 1. The molecule has 0 N–H and O–H groups in total. The van der Waals surface area contributed by atoms with Gasteiger partial charge in [-0.05, 0) is 48.0 Å². The lowest BCUT2D eigenvalue weighted by molar-refractivity contribution is -0.139. The van der Waals surface area contributed by atoms with Crippen LogP contribution in [0.15, 0.2) is 78.9 Å². The fourth-order valence-corrected chi connectivity index (χ4v) is 4.59. The molecule has 2 aliphatic heterocycles. The minimum Gasteiger partial charge on any atom is -0.457 e. The topological polar surface area (TPSA) is 62.3 Å². The average molecular weight is 490 g/mol. The maximum Gasteiger partial charge on any atom is 0.272 e. The minimum absolute atomic E-state index is 0.0127. The number of carbonyl (C=O) groups excluding carboxylic acids is 2. The Morgan fingerprint density at radius 3 is 2.31 bits per heavy atom. The molecule has 1 atom stereocenters. The third-order valence-corrected chi connectivity index (χ3v) is 6.47. The van der Waals surface area contributed by atoms with Gasteiger partial charge in [-0.3, -0.25) is 14.5 Å². The lowest BCUT2D eigenvalue weighted by Crippen LogP contribution is -2.46. The zero-order valence-electron chi connectivity index (χ0n) is 19.9. The van der Waals surface area contributed by atoms with E-state index in [1.54, 1.807) is 36.4 Å². The minimum atomic E-state index is -0.353. The molecule has 8 heteroatoms. The molecule has 0 spiro atoms. The number of benzene rings is 3. The predicted octanol–water partition coefficient (Wildman–Crippen LogP) is 3.76. The van der Waals surface area contributed by atoms with E-state index < -0.39 is 0 Å². The molecule has 186 valence electrons. The van der Waals surface area contributed by atoms with Gasteiger partial charge in [-0.15, -0.1) is 0 Å². The molecule has 0 aliphatic carbocycles. The molecule has 5 rings (SSSR count). The van der Waals surface area contributed by atoms with E-state index in [0.717, 1.165) is 13.1 Å². The summed E-state index contributed by atoms with van der Waals surface area (Å²) >= 11 is 0. The van der Waals surface area contributed by atoms with Crippen LogP contribution in [0.3, 0.4) is 0 Å². The van der Waals surface area contributed by atoms with Crippen LogP contribution >= 0.6 is 0 Å². The summed E-state index contributed by atoms with van der Waals surface area (Å²) in [4.78, 5) is 29.3. The SMILES string of the molecule is O=C(Cc1ccc(F)cc1)N1CC(N2CCOCC2)CN1C(=O)c1cccc(Oc2ccccc2)c1. The van der Waals surface area contributed by atoms with E-state index in [9.17, 15) is 14.0 Å². The van der Waals surface area contributed by atoms with E-state index in [2.05, 4.69) is 4.90 Å². The zero-order valence-corrected chi connectivity index (χ0v) is 19.9. The van der Waals surface area contributed by atoms with Gasteiger partial charge in [0.05, 0.1) is 32.7 Å². The molecule has 2 fully saturated rings. The van der Waals surface area contributed by atoms with Crippen LogP contribution in [0, 0.1) is 5.82 Å². The number of rotatable bonds is 6. The number of morpholine rings is 1. The second kappa shape index (κ2) is 10.9. The number of ether oxygens (including phenoxy) is 2. The first-order chi connectivity index (χ1) is 17.6. The number of carbonyl (C=O) groups is 2. The molecule has 0 radical (unpaired) electrons. The summed E-state index contributed by atoms with van der Waals surface area (Å²) in [6.07, 6.45) is 0.0804. The van der Waals surface area contributed by atoms with E-state index in [1.165, 1.54) is 22.2 Å². The van der Waals surface area contributed by atoms with E-state index in [-0.39, 0.29) is 30.1 Å². The monoisotopic (exact) mass is 489 g/mol. The van der Waals surface area contributed by atoms with E-state index in [1.807, 2.05) is 30.3 Å². The van der Waals surface area contributed by atoms with Crippen molar-refractivity contribution in [2.24, 2.45) is 0 Å². The number of hydrazine groups is 1. The van der Waals surface area contributed by atoms with Crippen molar-refractivity contribution in [2.45, 2.75) is 12.5 Å². The number of nitrogens with zero attached hydrogens (tertiary/aromatic N) is 3. The van der Waals surface area contributed by atoms with Crippen molar-refractivity contribution in [1.82, 2.24) is 14.9 Å². The van der Waals surface area contributed by atoms with E-state index in [0.29, 0.717) is 48.9 Å². The third-order valence-electron chi connectivity index (χ3n) is 6.47. The first kappa shape index (κ1) is 24.0. The van der Waals surface area contributed by atoms with Crippen LogP contribution < -0.4 is 4.74 Å². The van der Waals surface area contributed by atoms with Crippen molar-refractivity contribution < 1.29 is 23.5 Å². The molecule has 1 unspecified atom stereocenters. The van der Waals surface area contributed by atoms with Gasteiger partial charge in [0.2, 0.25) is 5.91 Å². The van der Waals surface area contributed by atoms with Gasteiger partial charge in [-0.2, -0.15) is 0 Å². The van der Waals surface area contributed by atoms with Crippen LogP contribution in [-0.4, -0.2) is 72.2 Å². The highest BCUT2D eigenvalue weighted by molar-refractivity contribution is 5.96. The zero-order chi connectivity index (χ0) is 24.9. The Labute approximate surface area is 209 Å². The summed E-state index contributed by atoms with van der Waals surface area (Å²) in [5, 5.41) is 3.07. The number of hydrogen-bond donors (Lipinski definition) is 0. The summed E-state index contributed by atoms with van der Waals surface area (Å²) in [5.74, 6) is 0.389. The predicted molar refractivity (Wildman–Crippen MR) is 132 cm³/mol. The molecule has 0 saturated carbocycles. The summed E-state index contributed by atoms with van der Waals surface area (Å²) in [7, 11) is 0. The molecule has 0 aromatic heterocycles. The van der Waals surface area contributed by atoms with Crippen LogP contribution in [0.5, 0.6) is 11.5 Å². The Hall–Kier alpha value is -3.75. The lowest BCUT2D eigenvalue weighted by atomic mass is 10.1. The van der Waals surface area contributed by atoms with Gasteiger partial charge >= 0.3 is 0 Å². The molecule has 3 aromatic carbocycles. The summed E-state index contributed by atoms with van der Waals surface area (Å²) in [6.45, 7) is 3.59. The Bertz CT molecular complexity index is 1200. The molecule has 2 heterocycles. The highest BCUT2D eigenvalue weighted by Gasteiger charge is 2.40. The molecule has 2 amide bonds. The Balaban J connectivity index is 1.36. The second-order valence-electron chi connectivity index (χ2n) is 8.91. The summed E-state index contributed by atoms with van der Waals surface area (Å²) < 4.78 is 24.7. The van der Waals surface area contributed by atoms with Gasteiger partial charge in [0.1, 0.15) is 17.3 Å². The smallest absolute Gasteiger partial charge is 0.272 e. The number of hydrogen-bond acceptors (Lipinski definition) is 5. The van der Waals surface area contributed by atoms with Gasteiger partial charge in [-0.25, -0.2) is 14.4 Å². The van der Waals surface area contributed by atoms with Crippen LogP contribution in [-0.2, 0) is 16.0 Å². The Morgan fingerprint density at radius 2 is 1.56 bits per heavy atom. The van der Waals surface area contributed by atoms with Gasteiger partial charge < -0.3 is 9.47 Å². The summed E-state index contributed by atoms with van der Waals surface area (Å²) in [6, 6.07) is 22.2. The number of para-hydroxylation sites is 1. The third kappa shape index (κ3) is 5.56. The quantitative estimate of drug-likeness (QED) is 0.528. The first-order valence-electron chi connectivity index (χ1n) is 12.1. The molecular weight excluding hydrogens is 461 g/mol. The highest BCUT2D eigenvalue weighted by Crippen LogP contribution is 2.25. The van der Waals surface area contributed by atoms with Gasteiger partial charge in [0.25, 0.3) is 5.91 Å². The van der Waals surface area contributed by atoms with Crippen molar-refractivity contribution in [3.05, 3.63) is 95.8 Å². The number of amides is 2. The van der Waals surface area contributed by atoms with Gasteiger partial charge in [0, 0.05) is 24.7 Å². The second-order valence-corrected chi connectivity index (χ2v) is 8.91. The normalized spacial score (nSPS) is 18.3. The van der Waals surface area contributed by atoms with Crippen LogP contribution in [0.1, 0.15) is 15.9 Å². The average Bonchev–Trinajstić information content (AvgIpc) is 3.37. The highest BCUT2D eigenvalue weighted by atomic mass is 19.1. The fourth-order valence-electron chi connectivity index (χ4n) is 4.59. The standard InChI is InChI=1S/C28H28FN3O4/c29-23-11-9-21(10-12-23)17-27(33)31-19-24(30-13-15-35-16-14-30)20-32(31)28(34)22-5-4-8-26(18-22)36-25-6-2-1-3-7-25/h1-12,18,24H,13-17,19-20H2. The van der Waals surface area contributed by atoms with Crippen molar-refractivity contribution >= 4 is 11.8 Å². The van der Waals surface area contributed by atoms with Crippen LogP contribution in [0.4, 0.5) is 4.39 Å². The largest absolute Gasteiger partial charge is 0.457 e. The fraction of sp³-hybridized carbons (Fsp3) is 0.286. The van der Waals surface area contributed by atoms with Crippen molar-refractivity contribution in [2.75, 3.05) is 39.4 Å². The van der Waals surface area contributed by atoms with Crippen molar-refractivity contribution in [3.8, 4) is 11.5 Å². The molecule has 2 aliphatic rings. The molecule has 0 bridgehead atoms. The maximum absolute atomic E-state index is 13.7. The van der Waals surface area contributed by atoms with Crippen LogP contribution in [0.2, 0.25) is 0 Å². The van der Waals surface area contributed by atoms with Crippen LogP contribution in [0.25, 0.3) is 0 Å². The summed E-state index contributed by atoms with van der Waals surface area (Å²) in [5.41, 5.74) is 1.13. The van der Waals surface area contributed by atoms with Crippen molar-refractivity contribution in [3.63, 3.8) is 0 Å². The first-order valence-corrected chi connectivity index (χ1v) is 12.1. The van der Waals surface area contributed by atoms with Gasteiger partial charge in [-0.1, -0.05) is 36.4 Å².